The Morgan fingerprint density at radius 1 is 1.16 bits per heavy atom. The van der Waals surface area contributed by atoms with Crippen molar-refractivity contribution in [1.82, 2.24) is 9.97 Å². The van der Waals surface area contributed by atoms with Gasteiger partial charge in [-0.15, -0.1) is 0 Å². The number of aromatic nitrogens is 3. The molecule has 3 rings (SSSR count). The van der Waals surface area contributed by atoms with Crippen LogP contribution in [0.1, 0.15) is 0 Å². The molecule has 0 unspecified atom stereocenters. The van der Waals surface area contributed by atoms with Crippen LogP contribution in [0, 0.1) is 0 Å². The Balaban J connectivity index is 0.00000133. The van der Waals surface area contributed by atoms with Crippen molar-refractivity contribution in [1.29, 1.82) is 0 Å². The molecule has 19 heavy (non-hydrogen) atoms. The highest BCUT2D eigenvalue weighted by Gasteiger charge is 2.07. The van der Waals surface area contributed by atoms with Crippen LogP contribution < -0.4 is 33.3 Å². The van der Waals surface area contributed by atoms with Gasteiger partial charge in [-0.3, -0.25) is 0 Å². The first kappa shape index (κ1) is 13.8. The van der Waals surface area contributed by atoms with E-state index in [1.54, 1.807) is 7.11 Å². The van der Waals surface area contributed by atoms with Crippen molar-refractivity contribution >= 4 is 11.0 Å². The molecule has 1 aromatic carbocycles. The number of ether oxygens (including phenoxy) is 1. The average Bonchev–Trinajstić information content (AvgIpc) is 2.82. The number of halogens is 1. The second-order valence-electron chi connectivity index (χ2n) is 4.22. The van der Waals surface area contributed by atoms with Crippen LogP contribution >= 0.6 is 0 Å². The maximum atomic E-state index is 5.20. The molecular formula is C14H14IN3O. The monoisotopic (exact) mass is 367 g/mol. The molecule has 0 fully saturated rings. The Morgan fingerprint density at radius 2 is 1.89 bits per heavy atom. The molecule has 0 atom stereocenters. The Morgan fingerprint density at radius 3 is 2.58 bits per heavy atom. The maximum Gasteiger partial charge on any atom is 0.169 e. The minimum atomic E-state index is 0. The van der Waals surface area contributed by atoms with Gasteiger partial charge in [0.15, 0.2) is 12.4 Å². The van der Waals surface area contributed by atoms with Gasteiger partial charge in [0.05, 0.1) is 18.1 Å². The fraction of sp³-hybridized carbons (Fsp3) is 0.143. The van der Waals surface area contributed by atoms with Crippen molar-refractivity contribution < 1.29 is 33.3 Å². The van der Waals surface area contributed by atoms with E-state index in [9.17, 15) is 0 Å². The summed E-state index contributed by atoms with van der Waals surface area (Å²) in [5.74, 6) is 1.70. The van der Waals surface area contributed by atoms with Crippen molar-refractivity contribution in [2.24, 2.45) is 7.05 Å². The van der Waals surface area contributed by atoms with Gasteiger partial charge in [0.1, 0.15) is 18.6 Å². The number of methoxy groups -OCH3 is 1. The lowest BCUT2D eigenvalue weighted by Crippen LogP contribution is -3.00. The molecule has 1 N–H and O–H groups in total. The van der Waals surface area contributed by atoms with Crippen LogP contribution in [0.3, 0.4) is 0 Å². The third-order valence-corrected chi connectivity index (χ3v) is 2.94. The molecule has 0 spiro atoms. The van der Waals surface area contributed by atoms with Gasteiger partial charge >= 0.3 is 0 Å². The highest BCUT2D eigenvalue weighted by Crippen LogP contribution is 2.22. The van der Waals surface area contributed by atoms with Gasteiger partial charge in [-0.25, -0.2) is 9.55 Å². The average molecular weight is 367 g/mol. The molecule has 98 valence electrons. The predicted octanol–water partition coefficient (Wildman–Crippen LogP) is -0.933. The molecule has 5 heteroatoms. The van der Waals surface area contributed by atoms with Crippen molar-refractivity contribution in [3.05, 3.63) is 42.7 Å². The second-order valence-corrected chi connectivity index (χ2v) is 4.22. The molecule has 0 aliphatic rings. The Kier molecular flexibility index (Phi) is 4.04. The summed E-state index contributed by atoms with van der Waals surface area (Å²) in [7, 11) is 3.66. The van der Waals surface area contributed by atoms with Crippen molar-refractivity contribution in [2.75, 3.05) is 7.11 Å². The van der Waals surface area contributed by atoms with Gasteiger partial charge in [-0.1, -0.05) is 0 Å². The topological polar surface area (TPSA) is 41.8 Å². The molecule has 0 amide bonds. The molecule has 0 bridgehead atoms. The third kappa shape index (κ3) is 2.70. The SMILES string of the molecule is COc1ccc2nc(-c3cc[n+](C)cc3)[nH]c2c1.[I-]. The van der Waals surface area contributed by atoms with Crippen LogP contribution in [-0.4, -0.2) is 17.1 Å². The zero-order chi connectivity index (χ0) is 12.5. The van der Waals surface area contributed by atoms with Gasteiger partial charge < -0.3 is 33.7 Å². The molecule has 0 aliphatic carbocycles. The molecular weight excluding hydrogens is 353 g/mol. The van der Waals surface area contributed by atoms with E-state index in [4.69, 9.17) is 4.74 Å². The number of aromatic amines is 1. The van der Waals surface area contributed by atoms with Crippen LogP contribution in [0.25, 0.3) is 22.4 Å². The first-order valence-electron chi connectivity index (χ1n) is 5.76. The number of nitrogens with zero attached hydrogens (tertiary/aromatic N) is 2. The number of H-pyrrole nitrogens is 1. The normalized spacial score (nSPS) is 10.2. The quantitative estimate of drug-likeness (QED) is 0.470. The number of hydrogen-bond acceptors (Lipinski definition) is 2. The van der Waals surface area contributed by atoms with Crippen LogP contribution in [-0.2, 0) is 7.05 Å². The number of imidazole rings is 1. The van der Waals surface area contributed by atoms with Gasteiger partial charge in [-0.05, 0) is 12.1 Å². The first-order chi connectivity index (χ1) is 8.76. The number of nitrogens with one attached hydrogen (secondary N) is 1. The molecule has 2 aromatic heterocycles. The summed E-state index contributed by atoms with van der Waals surface area (Å²) in [6.45, 7) is 0. The Bertz CT molecular complexity index is 691. The fourth-order valence-corrected chi connectivity index (χ4v) is 1.91. The number of pyridine rings is 1. The van der Waals surface area contributed by atoms with E-state index in [0.29, 0.717) is 0 Å². The summed E-state index contributed by atoms with van der Waals surface area (Å²) in [5, 5.41) is 0. The number of rotatable bonds is 2. The second kappa shape index (κ2) is 5.56. The molecule has 0 saturated carbocycles. The van der Waals surface area contributed by atoms with E-state index >= 15 is 0 Å². The summed E-state index contributed by atoms with van der Waals surface area (Å²) >= 11 is 0. The van der Waals surface area contributed by atoms with Gasteiger partial charge in [0.25, 0.3) is 0 Å². The van der Waals surface area contributed by atoms with Gasteiger partial charge in [0.2, 0.25) is 0 Å². The number of benzene rings is 1. The summed E-state index contributed by atoms with van der Waals surface area (Å²) in [6.07, 6.45) is 4.01. The maximum absolute atomic E-state index is 5.20. The van der Waals surface area contributed by atoms with E-state index in [1.165, 1.54) is 0 Å². The molecule has 0 saturated heterocycles. The Hall–Kier alpha value is -1.63. The lowest BCUT2D eigenvalue weighted by molar-refractivity contribution is -0.671. The number of hydrogen-bond donors (Lipinski definition) is 1. The fourth-order valence-electron chi connectivity index (χ4n) is 1.91. The van der Waals surface area contributed by atoms with Crippen LogP contribution in [0.15, 0.2) is 42.7 Å². The zero-order valence-electron chi connectivity index (χ0n) is 10.7. The van der Waals surface area contributed by atoms with Crippen molar-refractivity contribution in [2.45, 2.75) is 0 Å². The predicted molar refractivity (Wildman–Crippen MR) is 69.3 cm³/mol. The van der Waals surface area contributed by atoms with Crippen LogP contribution in [0.2, 0.25) is 0 Å². The summed E-state index contributed by atoms with van der Waals surface area (Å²) in [5.41, 5.74) is 3.00. The van der Waals surface area contributed by atoms with E-state index in [0.717, 1.165) is 28.2 Å². The molecule has 0 aliphatic heterocycles. The largest absolute Gasteiger partial charge is 1.00 e. The Labute approximate surface area is 128 Å². The van der Waals surface area contributed by atoms with Gasteiger partial charge in [0, 0.05) is 23.8 Å². The highest BCUT2D eigenvalue weighted by atomic mass is 127. The molecule has 0 radical (unpaired) electrons. The van der Waals surface area contributed by atoms with Crippen molar-refractivity contribution in [3.63, 3.8) is 0 Å². The number of fused-ring (bicyclic) bond motifs is 1. The van der Waals surface area contributed by atoms with E-state index < -0.39 is 0 Å². The summed E-state index contributed by atoms with van der Waals surface area (Å²) < 4.78 is 7.20. The minimum absolute atomic E-state index is 0. The van der Waals surface area contributed by atoms with Crippen molar-refractivity contribution in [3.8, 4) is 17.1 Å². The lowest BCUT2D eigenvalue weighted by Gasteiger charge is -1.96. The molecule has 2 heterocycles. The highest BCUT2D eigenvalue weighted by molar-refractivity contribution is 5.80. The number of aryl methyl sites for hydroxylation is 1. The summed E-state index contributed by atoms with van der Waals surface area (Å²) in [6, 6.07) is 9.90. The molecule has 3 aromatic rings. The standard InChI is InChI=1S/C14H13N3O.HI/c1-17-7-5-10(6-8-17)14-15-12-4-3-11(18-2)9-13(12)16-14;/h3-9H,1-2H3;1H. The first-order valence-corrected chi connectivity index (χ1v) is 5.76. The van der Waals surface area contributed by atoms with E-state index in [1.807, 2.05) is 54.3 Å². The van der Waals surface area contributed by atoms with Crippen LogP contribution in [0.4, 0.5) is 0 Å². The van der Waals surface area contributed by atoms with E-state index in [2.05, 4.69) is 9.97 Å². The third-order valence-electron chi connectivity index (χ3n) is 2.94. The smallest absolute Gasteiger partial charge is 0.169 e. The van der Waals surface area contributed by atoms with Crippen LogP contribution in [0.5, 0.6) is 5.75 Å². The van der Waals surface area contributed by atoms with E-state index in [-0.39, 0.29) is 24.0 Å². The summed E-state index contributed by atoms with van der Waals surface area (Å²) in [4.78, 5) is 7.87. The molecule has 4 nitrogen and oxygen atoms in total. The minimum Gasteiger partial charge on any atom is -1.00 e. The van der Waals surface area contributed by atoms with Gasteiger partial charge in [-0.2, -0.15) is 0 Å². The lowest BCUT2D eigenvalue weighted by atomic mass is 10.2. The zero-order valence-corrected chi connectivity index (χ0v) is 12.9.